The number of nitrogens with zero attached hydrogens (tertiary/aromatic N) is 3. The molecule has 168 valence electrons. The third-order valence-electron chi connectivity index (χ3n) is 5.62. The summed E-state index contributed by atoms with van der Waals surface area (Å²) in [5.41, 5.74) is 2.82. The van der Waals surface area contributed by atoms with E-state index in [1.54, 1.807) is 6.07 Å². The number of carbonyl (C=O) groups is 1. The zero-order chi connectivity index (χ0) is 22.2. The van der Waals surface area contributed by atoms with Crippen LogP contribution in [0.3, 0.4) is 0 Å². The van der Waals surface area contributed by atoms with Crippen molar-refractivity contribution in [2.75, 3.05) is 32.0 Å². The highest BCUT2D eigenvalue weighted by Gasteiger charge is 2.27. The van der Waals surface area contributed by atoms with E-state index >= 15 is 0 Å². The van der Waals surface area contributed by atoms with Gasteiger partial charge in [-0.15, -0.1) is 0 Å². The number of aromatic nitrogens is 1. The van der Waals surface area contributed by atoms with Crippen molar-refractivity contribution >= 4 is 11.7 Å². The average molecular weight is 428 g/mol. The van der Waals surface area contributed by atoms with Crippen molar-refractivity contribution in [3.8, 4) is 0 Å². The lowest BCUT2D eigenvalue weighted by Crippen LogP contribution is -2.49. The fourth-order valence-corrected chi connectivity index (χ4v) is 3.69. The number of carbonyl (C=O) groups excluding carboxylic acids is 1. The van der Waals surface area contributed by atoms with Gasteiger partial charge in [-0.2, -0.15) is 0 Å². The van der Waals surface area contributed by atoms with Crippen LogP contribution in [0.1, 0.15) is 37.9 Å². The van der Waals surface area contributed by atoms with Crippen LogP contribution in [0.25, 0.3) is 0 Å². The smallest absolute Gasteiger partial charge is 0.318 e. The summed E-state index contributed by atoms with van der Waals surface area (Å²) in [6, 6.07) is 11.2. The fraction of sp³-hybridized carbons (Fsp3) is 0.500. The fourth-order valence-electron chi connectivity index (χ4n) is 3.69. The molecule has 0 atom stereocenters. The Morgan fingerprint density at radius 2 is 1.90 bits per heavy atom. The van der Waals surface area contributed by atoms with Gasteiger partial charge >= 0.3 is 6.03 Å². The lowest BCUT2D eigenvalue weighted by molar-refractivity contribution is 0.126. The number of nitrogens with one attached hydrogen (secondary N) is 2. The molecule has 6 nitrogen and oxygen atoms in total. The molecule has 1 aromatic heterocycles. The normalized spacial score (nSPS) is 15.1. The van der Waals surface area contributed by atoms with E-state index in [1.165, 1.54) is 12.3 Å². The summed E-state index contributed by atoms with van der Waals surface area (Å²) in [5.74, 6) is 0.213. The van der Waals surface area contributed by atoms with Gasteiger partial charge < -0.3 is 20.4 Å². The second-order valence-corrected chi connectivity index (χ2v) is 8.76. The summed E-state index contributed by atoms with van der Waals surface area (Å²) in [5, 5.41) is 6.46. The Balaban J connectivity index is 1.61. The van der Waals surface area contributed by atoms with Crippen molar-refractivity contribution in [2.45, 2.75) is 45.8 Å². The third kappa shape index (κ3) is 7.21. The van der Waals surface area contributed by atoms with E-state index in [4.69, 9.17) is 0 Å². The summed E-state index contributed by atoms with van der Waals surface area (Å²) in [6.45, 7) is 8.02. The number of rotatable bonds is 8. The van der Waals surface area contributed by atoms with Crippen molar-refractivity contribution in [2.24, 2.45) is 5.92 Å². The lowest BCUT2D eigenvalue weighted by atomic mass is 10.0. The largest absolute Gasteiger partial charge is 0.385 e. The maximum Gasteiger partial charge on any atom is 0.318 e. The van der Waals surface area contributed by atoms with E-state index in [2.05, 4.69) is 41.4 Å². The van der Waals surface area contributed by atoms with Gasteiger partial charge in [0.1, 0.15) is 5.82 Å². The van der Waals surface area contributed by atoms with Gasteiger partial charge in [0, 0.05) is 24.8 Å². The van der Waals surface area contributed by atoms with Crippen LogP contribution >= 0.6 is 0 Å². The molecule has 2 heterocycles. The number of hydrogen-bond donors (Lipinski definition) is 2. The average Bonchev–Trinajstić information content (AvgIpc) is 2.77. The van der Waals surface area contributed by atoms with E-state index in [0.717, 1.165) is 43.7 Å². The first-order chi connectivity index (χ1) is 14.9. The van der Waals surface area contributed by atoms with E-state index < -0.39 is 0 Å². The molecule has 2 amide bonds. The van der Waals surface area contributed by atoms with E-state index in [-0.39, 0.29) is 17.9 Å². The molecular formula is C24H34FN5O. The standard InChI is InChI=1S/C24H34FN5O/c1-18(2)14-26-21-7-4-19(5-8-21)15-28-24(31)30(23-10-12-29(3)13-11-23)17-22-9-6-20(25)16-27-22/h4-9,16,18,23,26H,10-15,17H2,1-3H3,(H,28,31). The van der Waals surface area contributed by atoms with E-state index in [9.17, 15) is 9.18 Å². The number of amides is 2. The Hall–Kier alpha value is -2.67. The Labute approximate surface area is 184 Å². The van der Waals surface area contributed by atoms with Crippen LogP contribution in [0.15, 0.2) is 42.6 Å². The first-order valence-electron chi connectivity index (χ1n) is 11.1. The monoisotopic (exact) mass is 427 g/mol. The Morgan fingerprint density at radius 1 is 1.19 bits per heavy atom. The third-order valence-corrected chi connectivity index (χ3v) is 5.62. The van der Waals surface area contributed by atoms with E-state index in [0.29, 0.717) is 24.7 Å². The van der Waals surface area contributed by atoms with Gasteiger partial charge in [-0.1, -0.05) is 26.0 Å². The van der Waals surface area contributed by atoms with Gasteiger partial charge in [-0.3, -0.25) is 4.98 Å². The maximum absolute atomic E-state index is 13.2. The zero-order valence-electron chi connectivity index (χ0n) is 18.8. The zero-order valence-corrected chi connectivity index (χ0v) is 18.8. The molecule has 1 aliphatic heterocycles. The minimum absolute atomic E-state index is 0.109. The van der Waals surface area contributed by atoms with Crippen molar-refractivity contribution in [1.82, 2.24) is 20.1 Å². The molecule has 0 aliphatic carbocycles. The molecule has 2 aromatic rings. The predicted molar refractivity (Wildman–Crippen MR) is 122 cm³/mol. The van der Waals surface area contributed by atoms with Gasteiger partial charge in [0.15, 0.2) is 0 Å². The molecule has 0 bridgehead atoms. The summed E-state index contributed by atoms with van der Waals surface area (Å²) < 4.78 is 13.2. The molecule has 31 heavy (non-hydrogen) atoms. The van der Waals surface area contributed by atoms with Crippen LogP contribution in [0.5, 0.6) is 0 Å². The Morgan fingerprint density at radius 3 is 2.52 bits per heavy atom. The number of piperidine rings is 1. The maximum atomic E-state index is 13.2. The topological polar surface area (TPSA) is 60.5 Å². The first-order valence-corrected chi connectivity index (χ1v) is 11.1. The minimum Gasteiger partial charge on any atom is -0.385 e. The van der Waals surface area contributed by atoms with Gasteiger partial charge in [0.05, 0.1) is 18.4 Å². The molecule has 7 heteroatoms. The number of urea groups is 1. The van der Waals surface area contributed by atoms with E-state index in [1.807, 2.05) is 29.2 Å². The predicted octanol–water partition coefficient (Wildman–Crippen LogP) is 4.09. The molecule has 0 radical (unpaired) electrons. The van der Waals surface area contributed by atoms with Gasteiger partial charge in [0.2, 0.25) is 0 Å². The number of halogens is 1. The molecule has 1 aromatic carbocycles. The summed E-state index contributed by atoms with van der Waals surface area (Å²) in [7, 11) is 2.10. The Kier molecular flexibility index (Phi) is 8.23. The number of pyridine rings is 1. The molecule has 0 saturated carbocycles. The number of benzene rings is 1. The minimum atomic E-state index is -0.370. The highest BCUT2D eigenvalue weighted by atomic mass is 19.1. The highest BCUT2D eigenvalue weighted by molar-refractivity contribution is 5.74. The SMILES string of the molecule is CC(C)CNc1ccc(CNC(=O)N(Cc2ccc(F)cn2)C2CCN(C)CC2)cc1. The van der Waals surface area contributed by atoms with Crippen LogP contribution in [-0.4, -0.2) is 53.5 Å². The van der Waals surface area contributed by atoms with Gasteiger partial charge in [-0.25, -0.2) is 9.18 Å². The quantitative estimate of drug-likeness (QED) is 0.666. The van der Waals surface area contributed by atoms with Gasteiger partial charge in [-0.05, 0) is 68.7 Å². The first kappa shape index (κ1) is 23.0. The van der Waals surface area contributed by atoms with Crippen molar-refractivity contribution in [1.29, 1.82) is 0 Å². The van der Waals surface area contributed by atoms with Crippen LogP contribution in [0, 0.1) is 11.7 Å². The van der Waals surface area contributed by atoms with Crippen molar-refractivity contribution < 1.29 is 9.18 Å². The Bertz CT molecular complexity index is 817. The molecule has 1 aliphatic rings. The summed E-state index contributed by atoms with van der Waals surface area (Å²) in [4.78, 5) is 21.4. The number of anilines is 1. The molecule has 1 saturated heterocycles. The number of hydrogen-bond acceptors (Lipinski definition) is 4. The molecule has 0 unspecified atom stereocenters. The van der Waals surface area contributed by atoms with Crippen LogP contribution in [-0.2, 0) is 13.1 Å². The van der Waals surface area contributed by atoms with Crippen LogP contribution < -0.4 is 10.6 Å². The van der Waals surface area contributed by atoms with Crippen LogP contribution in [0.2, 0.25) is 0 Å². The summed E-state index contributed by atoms with van der Waals surface area (Å²) >= 11 is 0. The second-order valence-electron chi connectivity index (χ2n) is 8.76. The summed E-state index contributed by atoms with van der Waals surface area (Å²) in [6.07, 6.45) is 3.04. The van der Waals surface area contributed by atoms with Crippen LogP contribution in [0.4, 0.5) is 14.9 Å². The molecular weight excluding hydrogens is 393 g/mol. The second kappa shape index (κ2) is 11.1. The highest BCUT2D eigenvalue weighted by Crippen LogP contribution is 2.19. The molecule has 1 fully saturated rings. The molecule has 0 spiro atoms. The van der Waals surface area contributed by atoms with Gasteiger partial charge in [0.25, 0.3) is 0 Å². The van der Waals surface area contributed by atoms with Crippen molar-refractivity contribution in [3.63, 3.8) is 0 Å². The molecule has 2 N–H and O–H groups in total. The molecule has 3 rings (SSSR count). The van der Waals surface area contributed by atoms with Crippen molar-refractivity contribution in [3.05, 3.63) is 59.7 Å². The number of likely N-dealkylation sites (tertiary alicyclic amines) is 1. The lowest BCUT2D eigenvalue weighted by Gasteiger charge is -2.37.